The molecular weight excluding hydrogens is 426 g/mol. The molecule has 3 aromatic carbocycles. The molecule has 0 radical (unpaired) electrons. The van der Waals surface area contributed by atoms with Crippen molar-refractivity contribution in [2.45, 2.75) is 6.61 Å². The minimum atomic E-state index is -0.616. The standard InChI is InChI=1S/C23H15Cl2FN2O2/c24-18-7-10-22(30-14-15-5-8-19(26)9-6-15)16(12-18)11-17(13-27)23(29)28-21-4-2-1-3-20(21)25/h1-12H,14H2,(H,28,29)/b17-11+. The van der Waals surface area contributed by atoms with Crippen molar-refractivity contribution in [3.05, 3.63) is 99.3 Å². The van der Waals surface area contributed by atoms with Gasteiger partial charge in [0.2, 0.25) is 0 Å². The van der Waals surface area contributed by atoms with Crippen LogP contribution in [0.1, 0.15) is 11.1 Å². The number of anilines is 1. The fraction of sp³-hybridized carbons (Fsp3) is 0.0435. The van der Waals surface area contributed by atoms with Gasteiger partial charge in [-0.05, 0) is 54.1 Å². The first-order valence-electron chi connectivity index (χ1n) is 8.81. The first kappa shape index (κ1) is 21.4. The third kappa shape index (κ3) is 5.60. The molecule has 0 bridgehead atoms. The van der Waals surface area contributed by atoms with Gasteiger partial charge in [-0.1, -0.05) is 47.5 Å². The van der Waals surface area contributed by atoms with Crippen LogP contribution in [0.25, 0.3) is 6.08 Å². The predicted molar refractivity (Wildman–Crippen MR) is 116 cm³/mol. The normalized spacial score (nSPS) is 10.9. The Bertz CT molecular complexity index is 1140. The topological polar surface area (TPSA) is 62.1 Å². The Morgan fingerprint density at radius 3 is 2.53 bits per heavy atom. The number of rotatable bonds is 6. The van der Waals surface area contributed by atoms with Crippen molar-refractivity contribution in [1.29, 1.82) is 5.26 Å². The van der Waals surface area contributed by atoms with Gasteiger partial charge in [-0.3, -0.25) is 4.79 Å². The number of hydrogen-bond acceptors (Lipinski definition) is 3. The molecule has 3 aromatic rings. The summed E-state index contributed by atoms with van der Waals surface area (Å²) in [6.07, 6.45) is 1.39. The molecule has 0 aliphatic carbocycles. The number of carbonyl (C=O) groups excluding carboxylic acids is 1. The maximum absolute atomic E-state index is 13.1. The van der Waals surface area contributed by atoms with E-state index in [1.165, 1.54) is 18.2 Å². The number of carbonyl (C=O) groups is 1. The maximum Gasteiger partial charge on any atom is 0.266 e. The summed E-state index contributed by atoms with van der Waals surface area (Å²) >= 11 is 12.1. The first-order chi connectivity index (χ1) is 14.5. The number of nitrogens with one attached hydrogen (secondary N) is 1. The molecule has 0 aliphatic heterocycles. The molecule has 7 heteroatoms. The second-order valence-electron chi connectivity index (χ2n) is 6.20. The third-order valence-corrected chi connectivity index (χ3v) is 4.63. The maximum atomic E-state index is 13.1. The summed E-state index contributed by atoms with van der Waals surface area (Å²) in [5.74, 6) is -0.533. The number of halogens is 3. The molecule has 4 nitrogen and oxygen atoms in total. The average Bonchev–Trinajstić information content (AvgIpc) is 2.74. The van der Waals surface area contributed by atoms with Gasteiger partial charge in [0.25, 0.3) is 5.91 Å². The van der Waals surface area contributed by atoms with Crippen LogP contribution in [0.4, 0.5) is 10.1 Å². The SMILES string of the molecule is N#C/C(=C\c1cc(Cl)ccc1OCc1ccc(F)cc1)C(=O)Nc1ccccc1Cl. The van der Waals surface area contributed by atoms with Crippen LogP contribution in [-0.4, -0.2) is 5.91 Å². The monoisotopic (exact) mass is 440 g/mol. The van der Waals surface area contributed by atoms with Gasteiger partial charge < -0.3 is 10.1 Å². The van der Waals surface area contributed by atoms with Crippen molar-refractivity contribution in [2.24, 2.45) is 0 Å². The van der Waals surface area contributed by atoms with Gasteiger partial charge in [0.15, 0.2) is 0 Å². The number of nitrogens with zero attached hydrogens (tertiary/aromatic N) is 1. The molecule has 0 fully saturated rings. The Morgan fingerprint density at radius 1 is 1.10 bits per heavy atom. The Labute approximate surface area is 183 Å². The molecule has 0 saturated heterocycles. The second-order valence-corrected chi connectivity index (χ2v) is 7.04. The van der Waals surface area contributed by atoms with Crippen LogP contribution in [0, 0.1) is 17.1 Å². The second kappa shape index (κ2) is 9.93. The van der Waals surface area contributed by atoms with E-state index in [0.29, 0.717) is 27.0 Å². The number of nitriles is 1. The summed E-state index contributed by atoms with van der Waals surface area (Å²) in [6, 6.07) is 19.4. The molecule has 0 aromatic heterocycles. The fourth-order valence-corrected chi connectivity index (χ4v) is 2.93. The first-order valence-corrected chi connectivity index (χ1v) is 9.56. The minimum absolute atomic E-state index is 0.149. The summed E-state index contributed by atoms with van der Waals surface area (Å²) in [5.41, 5.74) is 1.46. The van der Waals surface area contributed by atoms with Gasteiger partial charge in [0.1, 0.15) is 29.8 Å². The number of para-hydroxylation sites is 1. The smallest absolute Gasteiger partial charge is 0.266 e. The predicted octanol–water partition coefficient (Wildman–Crippen LogP) is 6.26. The van der Waals surface area contributed by atoms with Gasteiger partial charge >= 0.3 is 0 Å². The molecule has 1 N–H and O–H groups in total. The summed E-state index contributed by atoms with van der Waals surface area (Å²) in [7, 11) is 0. The minimum Gasteiger partial charge on any atom is -0.488 e. The molecule has 150 valence electrons. The van der Waals surface area contributed by atoms with Crippen LogP contribution in [-0.2, 0) is 11.4 Å². The van der Waals surface area contributed by atoms with Crippen molar-refractivity contribution >= 4 is 40.9 Å². The van der Waals surface area contributed by atoms with Crippen LogP contribution in [0.3, 0.4) is 0 Å². The number of hydrogen-bond donors (Lipinski definition) is 1. The zero-order valence-electron chi connectivity index (χ0n) is 15.5. The van der Waals surface area contributed by atoms with E-state index in [4.69, 9.17) is 27.9 Å². The highest BCUT2D eigenvalue weighted by Gasteiger charge is 2.13. The Morgan fingerprint density at radius 2 is 1.83 bits per heavy atom. The van der Waals surface area contributed by atoms with E-state index >= 15 is 0 Å². The van der Waals surface area contributed by atoms with E-state index in [2.05, 4.69) is 5.32 Å². The zero-order valence-corrected chi connectivity index (χ0v) is 17.0. The number of benzene rings is 3. The van der Waals surface area contributed by atoms with Crippen molar-refractivity contribution in [3.63, 3.8) is 0 Å². The summed E-state index contributed by atoms with van der Waals surface area (Å²) < 4.78 is 18.9. The van der Waals surface area contributed by atoms with Crippen molar-refractivity contribution in [1.82, 2.24) is 0 Å². The molecule has 0 aliphatic rings. The highest BCUT2D eigenvalue weighted by atomic mass is 35.5. The molecule has 0 spiro atoms. The van der Waals surface area contributed by atoms with Crippen LogP contribution in [0.2, 0.25) is 10.0 Å². The quantitative estimate of drug-likeness (QED) is 0.363. The van der Waals surface area contributed by atoms with E-state index in [-0.39, 0.29) is 18.0 Å². The lowest BCUT2D eigenvalue weighted by Gasteiger charge is -2.11. The van der Waals surface area contributed by atoms with Crippen LogP contribution in [0.5, 0.6) is 5.75 Å². The zero-order chi connectivity index (χ0) is 21.5. The van der Waals surface area contributed by atoms with Gasteiger partial charge in [-0.25, -0.2) is 4.39 Å². The van der Waals surface area contributed by atoms with E-state index in [1.807, 2.05) is 6.07 Å². The summed E-state index contributed by atoms with van der Waals surface area (Å²) in [6.45, 7) is 0.177. The molecule has 1 amide bonds. The summed E-state index contributed by atoms with van der Waals surface area (Å²) in [5, 5.41) is 12.9. The van der Waals surface area contributed by atoms with E-state index in [9.17, 15) is 14.4 Å². The van der Waals surface area contributed by atoms with E-state index in [1.54, 1.807) is 54.6 Å². The van der Waals surface area contributed by atoms with E-state index in [0.717, 1.165) is 5.56 Å². The molecule has 30 heavy (non-hydrogen) atoms. The van der Waals surface area contributed by atoms with Crippen molar-refractivity contribution in [2.75, 3.05) is 5.32 Å². The molecule has 0 unspecified atom stereocenters. The Hall–Kier alpha value is -3.33. The van der Waals surface area contributed by atoms with Gasteiger partial charge in [0, 0.05) is 10.6 Å². The third-order valence-electron chi connectivity index (χ3n) is 4.07. The van der Waals surface area contributed by atoms with Crippen LogP contribution >= 0.6 is 23.2 Å². The number of ether oxygens (including phenoxy) is 1. The van der Waals surface area contributed by atoms with Gasteiger partial charge in [-0.2, -0.15) is 5.26 Å². The molecule has 0 saturated carbocycles. The summed E-state index contributed by atoms with van der Waals surface area (Å²) in [4.78, 5) is 12.5. The van der Waals surface area contributed by atoms with Crippen molar-refractivity contribution < 1.29 is 13.9 Å². The number of amides is 1. The highest BCUT2D eigenvalue weighted by Crippen LogP contribution is 2.27. The molecule has 3 rings (SSSR count). The average molecular weight is 441 g/mol. The molecule has 0 heterocycles. The lowest BCUT2D eigenvalue weighted by molar-refractivity contribution is -0.112. The van der Waals surface area contributed by atoms with Crippen LogP contribution in [0.15, 0.2) is 72.3 Å². The molecular formula is C23H15Cl2FN2O2. The Balaban J connectivity index is 1.83. The lowest BCUT2D eigenvalue weighted by Crippen LogP contribution is -2.13. The van der Waals surface area contributed by atoms with Gasteiger partial charge in [0.05, 0.1) is 10.7 Å². The molecule has 0 atom stereocenters. The lowest BCUT2D eigenvalue weighted by atomic mass is 10.1. The Kier molecular flexibility index (Phi) is 7.08. The van der Waals surface area contributed by atoms with Crippen LogP contribution < -0.4 is 10.1 Å². The van der Waals surface area contributed by atoms with Crippen molar-refractivity contribution in [3.8, 4) is 11.8 Å². The van der Waals surface area contributed by atoms with Gasteiger partial charge in [-0.15, -0.1) is 0 Å². The van der Waals surface area contributed by atoms with E-state index < -0.39 is 5.91 Å². The fourth-order valence-electron chi connectivity index (χ4n) is 2.56. The largest absolute Gasteiger partial charge is 0.488 e. The highest BCUT2D eigenvalue weighted by molar-refractivity contribution is 6.34.